The first-order chi connectivity index (χ1) is 7.18. The number of hydrogen-bond acceptors (Lipinski definition) is 4. The molecule has 0 unspecified atom stereocenters. The fourth-order valence-corrected chi connectivity index (χ4v) is 1.25. The number of carboxylic acid groups (broad SMARTS) is 1. The Labute approximate surface area is 83.8 Å². The summed E-state index contributed by atoms with van der Waals surface area (Å²) in [4.78, 5) is 29.9. The zero-order valence-electron chi connectivity index (χ0n) is 7.62. The molecule has 0 aliphatic rings. The van der Waals surface area contributed by atoms with Crippen LogP contribution in [0.4, 0.5) is 0 Å². The molecule has 0 aliphatic heterocycles. The number of nitrogens with zero attached hydrogens (tertiary/aromatic N) is 3. The lowest BCUT2D eigenvalue weighted by molar-refractivity contribution is -0.136. The Morgan fingerprint density at radius 3 is 3.00 bits per heavy atom. The Morgan fingerprint density at radius 1 is 1.47 bits per heavy atom. The van der Waals surface area contributed by atoms with Crippen LogP contribution in [0.5, 0.6) is 0 Å². The predicted octanol–water partition coefficient (Wildman–Crippen LogP) is -0.283. The summed E-state index contributed by atoms with van der Waals surface area (Å²) in [7, 11) is 0. The average Bonchev–Trinajstić information content (AvgIpc) is 2.22. The SMILES string of the molecule is O=C(O)Cc1cnc2ncccn2c1=O. The number of aromatic nitrogens is 3. The van der Waals surface area contributed by atoms with E-state index in [2.05, 4.69) is 9.97 Å². The summed E-state index contributed by atoms with van der Waals surface area (Å²) < 4.78 is 1.22. The van der Waals surface area contributed by atoms with E-state index < -0.39 is 11.5 Å². The Balaban J connectivity index is 2.65. The van der Waals surface area contributed by atoms with Crippen LogP contribution in [-0.4, -0.2) is 25.4 Å². The third kappa shape index (κ3) is 1.69. The molecule has 0 amide bonds. The van der Waals surface area contributed by atoms with Crippen molar-refractivity contribution in [2.24, 2.45) is 0 Å². The summed E-state index contributed by atoms with van der Waals surface area (Å²) in [6.45, 7) is 0. The van der Waals surface area contributed by atoms with E-state index in [0.717, 1.165) is 0 Å². The molecular weight excluding hydrogens is 198 g/mol. The molecule has 0 aliphatic carbocycles. The van der Waals surface area contributed by atoms with Gasteiger partial charge in [0.25, 0.3) is 5.56 Å². The molecule has 0 spiro atoms. The van der Waals surface area contributed by atoms with Gasteiger partial charge < -0.3 is 5.11 Å². The molecule has 0 saturated heterocycles. The fourth-order valence-electron chi connectivity index (χ4n) is 1.25. The first-order valence-corrected chi connectivity index (χ1v) is 4.21. The molecule has 0 radical (unpaired) electrons. The molecule has 2 rings (SSSR count). The highest BCUT2D eigenvalue weighted by Gasteiger charge is 2.08. The van der Waals surface area contributed by atoms with Crippen molar-refractivity contribution in [3.63, 3.8) is 0 Å². The largest absolute Gasteiger partial charge is 0.481 e. The minimum Gasteiger partial charge on any atom is -0.481 e. The lowest BCUT2D eigenvalue weighted by Gasteiger charge is -2.00. The second-order valence-corrected chi connectivity index (χ2v) is 2.95. The zero-order valence-corrected chi connectivity index (χ0v) is 7.62. The average molecular weight is 205 g/mol. The van der Waals surface area contributed by atoms with Crippen molar-refractivity contribution >= 4 is 11.7 Å². The van der Waals surface area contributed by atoms with Crippen molar-refractivity contribution in [1.29, 1.82) is 0 Å². The third-order valence-corrected chi connectivity index (χ3v) is 1.90. The van der Waals surface area contributed by atoms with Crippen LogP contribution in [0.3, 0.4) is 0 Å². The van der Waals surface area contributed by atoms with Crippen molar-refractivity contribution in [2.45, 2.75) is 6.42 Å². The van der Waals surface area contributed by atoms with E-state index in [1.165, 1.54) is 23.0 Å². The van der Waals surface area contributed by atoms with E-state index in [9.17, 15) is 9.59 Å². The molecule has 0 atom stereocenters. The number of aliphatic carboxylic acids is 1. The number of carbonyl (C=O) groups is 1. The molecule has 0 aromatic carbocycles. The maximum absolute atomic E-state index is 11.7. The first-order valence-electron chi connectivity index (χ1n) is 4.21. The Bertz CT molecular complexity index is 576. The van der Waals surface area contributed by atoms with Gasteiger partial charge in [-0.3, -0.25) is 14.0 Å². The monoisotopic (exact) mass is 205 g/mol. The highest BCUT2D eigenvalue weighted by molar-refractivity contribution is 5.69. The standard InChI is InChI=1S/C9H7N3O3/c13-7(14)4-6-5-11-9-10-2-1-3-12(9)8(6)15/h1-3,5H,4H2,(H,13,14). The van der Waals surface area contributed by atoms with E-state index in [-0.39, 0.29) is 17.8 Å². The minimum absolute atomic E-state index is 0.146. The molecule has 76 valence electrons. The van der Waals surface area contributed by atoms with Crippen LogP contribution >= 0.6 is 0 Å². The normalized spacial score (nSPS) is 10.4. The van der Waals surface area contributed by atoms with Crippen molar-refractivity contribution in [1.82, 2.24) is 14.4 Å². The van der Waals surface area contributed by atoms with Crippen molar-refractivity contribution < 1.29 is 9.90 Å². The van der Waals surface area contributed by atoms with Crippen molar-refractivity contribution in [2.75, 3.05) is 0 Å². The lowest BCUT2D eigenvalue weighted by atomic mass is 10.2. The molecule has 0 fully saturated rings. The van der Waals surface area contributed by atoms with Gasteiger partial charge in [-0.2, -0.15) is 0 Å². The van der Waals surface area contributed by atoms with Gasteiger partial charge in [0.2, 0.25) is 5.78 Å². The van der Waals surface area contributed by atoms with Gasteiger partial charge in [-0.25, -0.2) is 9.97 Å². The smallest absolute Gasteiger partial charge is 0.308 e. The van der Waals surface area contributed by atoms with Gasteiger partial charge in [-0.05, 0) is 6.07 Å². The second-order valence-electron chi connectivity index (χ2n) is 2.95. The quantitative estimate of drug-likeness (QED) is 0.728. The maximum Gasteiger partial charge on any atom is 0.308 e. The Hall–Kier alpha value is -2.24. The van der Waals surface area contributed by atoms with Gasteiger partial charge in [0.1, 0.15) is 0 Å². The molecule has 1 N–H and O–H groups in total. The summed E-state index contributed by atoms with van der Waals surface area (Å²) in [5.41, 5.74) is -0.247. The number of hydrogen-bond donors (Lipinski definition) is 1. The van der Waals surface area contributed by atoms with Crippen LogP contribution in [0.2, 0.25) is 0 Å². The number of rotatable bonds is 2. The van der Waals surface area contributed by atoms with Gasteiger partial charge in [-0.1, -0.05) is 0 Å². The minimum atomic E-state index is -1.06. The molecule has 6 nitrogen and oxygen atoms in total. The molecule has 2 aromatic heterocycles. The van der Waals surface area contributed by atoms with Crippen LogP contribution in [0.25, 0.3) is 5.78 Å². The van der Waals surface area contributed by atoms with E-state index in [0.29, 0.717) is 0 Å². The van der Waals surface area contributed by atoms with Gasteiger partial charge >= 0.3 is 5.97 Å². The second kappa shape index (κ2) is 3.49. The molecule has 0 saturated carbocycles. The Morgan fingerprint density at radius 2 is 2.27 bits per heavy atom. The van der Waals surface area contributed by atoms with Gasteiger partial charge in [0.15, 0.2) is 0 Å². The summed E-state index contributed by atoms with van der Waals surface area (Å²) >= 11 is 0. The van der Waals surface area contributed by atoms with Crippen LogP contribution in [0, 0.1) is 0 Å². The number of fused-ring (bicyclic) bond motifs is 1. The third-order valence-electron chi connectivity index (χ3n) is 1.90. The van der Waals surface area contributed by atoms with Gasteiger partial charge in [-0.15, -0.1) is 0 Å². The highest BCUT2D eigenvalue weighted by Crippen LogP contribution is 1.95. The van der Waals surface area contributed by atoms with Gasteiger partial charge in [0.05, 0.1) is 6.42 Å². The van der Waals surface area contributed by atoms with E-state index >= 15 is 0 Å². The molecule has 2 heterocycles. The summed E-state index contributed by atoms with van der Waals surface area (Å²) in [5, 5.41) is 8.57. The summed E-state index contributed by atoms with van der Waals surface area (Å²) in [6.07, 6.45) is 3.93. The molecule has 2 aromatic rings. The van der Waals surface area contributed by atoms with E-state index in [1.54, 1.807) is 6.07 Å². The summed E-state index contributed by atoms with van der Waals surface area (Å²) in [5.74, 6) is -0.797. The summed E-state index contributed by atoms with van der Waals surface area (Å²) in [6, 6.07) is 1.58. The Kier molecular flexibility index (Phi) is 2.17. The highest BCUT2D eigenvalue weighted by atomic mass is 16.4. The zero-order chi connectivity index (χ0) is 10.8. The van der Waals surface area contributed by atoms with Crippen LogP contribution < -0.4 is 5.56 Å². The van der Waals surface area contributed by atoms with Crippen LogP contribution in [-0.2, 0) is 11.2 Å². The van der Waals surface area contributed by atoms with Crippen molar-refractivity contribution in [3.05, 3.63) is 40.6 Å². The first kappa shape index (κ1) is 9.32. The molecule has 6 heteroatoms. The maximum atomic E-state index is 11.7. The number of carboxylic acids is 1. The van der Waals surface area contributed by atoms with E-state index in [1.807, 2.05) is 0 Å². The van der Waals surface area contributed by atoms with Crippen molar-refractivity contribution in [3.8, 4) is 0 Å². The van der Waals surface area contributed by atoms with Crippen LogP contribution in [0.15, 0.2) is 29.5 Å². The molecule has 0 bridgehead atoms. The molecular formula is C9H7N3O3. The van der Waals surface area contributed by atoms with Gasteiger partial charge in [0, 0.05) is 24.2 Å². The topological polar surface area (TPSA) is 84.6 Å². The van der Waals surface area contributed by atoms with Crippen LogP contribution in [0.1, 0.15) is 5.56 Å². The molecule has 15 heavy (non-hydrogen) atoms. The fraction of sp³-hybridized carbons (Fsp3) is 0.111. The predicted molar refractivity (Wildman–Crippen MR) is 50.6 cm³/mol. The van der Waals surface area contributed by atoms with E-state index in [4.69, 9.17) is 5.11 Å². The lowest BCUT2D eigenvalue weighted by Crippen LogP contribution is -2.21.